The number of likely N-dealkylation sites (tertiary alicyclic amines) is 2. The van der Waals surface area contributed by atoms with Gasteiger partial charge in [0.1, 0.15) is 0 Å². The first-order valence-electron chi connectivity index (χ1n) is 11.0. The molecule has 1 aromatic heterocycles. The predicted molar refractivity (Wildman–Crippen MR) is 110 cm³/mol. The van der Waals surface area contributed by atoms with Gasteiger partial charge in [0, 0.05) is 50.7 Å². The van der Waals surface area contributed by atoms with Crippen LogP contribution in [-0.2, 0) is 22.4 Å². The average Bonchev–Trinajstić information content (AvgIpc) is 3.46. The number of rotatable bonds is 4. The highest BCUT2D eigenvalue weighted by Crippen LogP contribution is 2.41. The molecule has 4 heterocycles. The summed E-state index contributed by atoms with van der Waals surface area (Å²) in [6.45, 7) is 7.23. The number of hydrogen-bond acceptors (Lipinski definition) is 6. The van der Waals surface area contributed by atoms with E-state index in [1.54, 1.807) is 11.3 Å². The third kappa shape index (κ3) is 3.70. The summed E-state index contributed by atoms with van der Waals surface area (Å²) in [5, 5.41) is 0.628. The van der Waals surface area contributed by atoms with Gasteiger partial charge in [0.05, 0.1) is 24.3 Å². The maximum Gasteiger partial charge on any atom is 0.282 e. The Morgan fingerprint density at radius 3 is 2.69 bits per heavy atom. The topological polar surface area (TPSA) is 66.0 Å². The second-order valence-corrected chi connectivity index (χ2v) is 9.93. The average molecular weight is 419 g/mol. The Morgan fingerprint density at radius 1 is 1.07 bits per heavy atom. The van der Waals surface area contributed by atoms with Gasteiger partial charge in [-0.2, -0.15) is 0 Å². The van der Waals surface area contributed by atoms with E-state index in [0.29, 0.717) is 18.1 Å². The molecule has 158 valence electrons. The molecule has 2 amide bonds. The molecule has 0 aromatic carbocycles. The summed E-state index contributed by atoms with van der Waals surface area (Å²) in [5.74, 6) is 0.278. The fraction of sp³-hybridized carbons (Fsp3) is 0.762. The molecule has 0 N–H and O–H groups in total. The van der Waals surface area contributed by atoms with Crippen molar-refractivity contribution < 1.29 is 14.3 Å². The van der Waals surface area contributed by atoms with Gasteiger partial charge in [0.2, 0.25) is 5.91 Å². The van der Waals surface area contributed by atoms with Crippen molar-refractivity contribution in [2.45, 2.75) is 38.5 Å². The van der Waals surface area contributed by atoms with E-state index >= 15 is 0 Å². The van der Waals surface area contributed by atoms with Crippen LogP contribution in [0.4, 0.5) is 0 Å². The molecule has 3 aliphatic heterocycles. The van der Waals surface area contributed by atoms with Gasteiger partial charge in [0.15, 0.2) is 5.01 Å². The number of carbonyl (C=O) groups excluding carboxylic acids is 2. The molecule has 0 bridgehead atoms. The van der Waals surface area contributed by atoms with E-state index in [-0.39, 0.29) is 17.2 Å². The number of morpholine rings is 1. The normalized spacial score (nSPS) is 27.8. The van der Waals surface area contributed by atoms with Crippen LogP contribution < -0.4 is 0 Å². The van der Waals surface area contributed by atoms with E-state index < -0.39 is 0 Å². The van der Waals surface area contributed by atoms with E-state index in [9.17, 15) is 9.59 Å². The fourth-order valence-corrected chi connectivity index (χ4v) is 6.31. The highest BCUT2D eigenvalue weighted by molar-refractivity contribution is 7.13. The highest BCUT2D eigenvalue weighted by atomic mass is 32.1. The van der Waals surface area contributed by atoms with Gasteiger partial charge in [-0.25, -0.2) is 4.98 Å². The first kappa shape index (κ1) is 19.5. The van der Waals surface area contributed by atoms with E-state index in [1.165, 1.54) is 17.7 Å². The highest BCUT2D eigenvalue weighted by Gasteiger charge is 2.51. The van der Waals surface area contributed by atoms with E-state index in [0.717, 1.165) is 77.3 Å². The number of fused-ring (bicyclic) bond motifs is 1. The van der Waals surface area contributed by atoms with E-state index in [2.05, 4.69) is 9.88 Å². The summed E-state index contributed by atoms with van der Waals surface area (Å²) >= 11 is 1.57. The molecule has 0 saturated carbocycles. The number of hydrogen-bond donors (Lipinski definition) is 0. The molecular weight excluding hydrogens is 388 g/mol. The number of ether oxygens (including phenoxy) is 1. The first-order valence-corrected chi connectivity index (χ1v) is 11.8. The van der Waals surface area contributed by atoms with Crippen molar-refractivity contribution in [3.8, 4) is 0 Å². The lowest BCUT2D eigenvalue weighted by molar-refractivity contribution is -0.135. The number of amides is 2. The molecule has 1 aromatic rings. The Balaban J connectivity index is 1.20. The lowest BCUT2D eigenvalue weighted by Gasteiger charge is -2.29. The fourth-order valence-electron chi connectivity index (χ4n) is 5.20. The summed E-state index contributed by atoms with van der Waals surface area (Å²) < 4.78 is 5.40. The molecule has 7 nitrogen and oxygen atoms in total. The summed E-state index contributed by atoms with van der Waals surface area (Å²) in [6.07, 6.45) is 6.08. The van der Waals surface area contributed by atoms with Crippen molar-refractivity contribution in [3.05, 3.63) is 15.6 Å². The molecule has 3 saturated heterocycles. The Kier molecular flexibility index (Phi) is 5.34. The molecule has 4 aliphatic rings. The van der Waals surface area contributed by atoms with Crippen molar-refractivity contribution in [1.82, 2.24) is 19.7 Å². The van der Waals surface area contributed by atoms with Crippen molar-refractivity contribution in [3.63, 3.8) is 0 Å². The molecule has 3 fully saturated rings. The Bertz CT molecular complexity index is 767. The van der Waals surface area contributed by atoms with Crippen LogP contribution in [0.2, 0.25) is 0 Å². The lowest BCUT2D eigenvalue weighted by atomic mass is 9.85. The minimum atomic E-state index is -0.364. The summed E-state index contributed by atoms with van der Waals surface area (Å²) in [7, 11) is 0. The SMILES string of the molecule is O=C(c1nc2c(s1)CCCC2)N1CCC2(CCN(CCN3CCOCC3)C2=O)C1. The molecule has 1 spiro atoms. The molecule has 1 atom stereocenters. The van der Waals surface area contributed by atoms with Gasteiger partial charge in [0.25, 0.3) is 5.91 Å². The minimum Gasteiger partial charge on any atom is -0.379 e. The molecule has 29 heavy (non-hydrogen) atoms. The molecule has 8 heteroatoms. The Labute approximate surface area is 176 Å². The zero-order chi connectivity index (χ0) is 19.8. The summed E-state index contributed by atoms with van der Waals surface area (Å²) in [5.41, 5.74) is 0.766. The van der Waals surface area contributed by atoms with Gasteiger partial charge in [-0.15, -0.1) is 11.3 Å². The largest absolute Gasteiger partial charge is 0.379 e. The molecule has 0 radical (unpaired) electrons. The van der Waals surface area contributed by atoms with Crippen LogP contribution in [0.1, 0.15) is 46.1 Å². The quantitative estimate of drug-likeness (QED) is 0.740. The molecule has 1 unspecified atom stereocenters. The van der Waals surface area contributed by atoms with E-state index in [4.69, 9.17) is 4.74 Å². The van der Waals surface area contributed by atoms with Gasteiger partial charge < -0.3 is 14.5 Å². The maximum atomic E-state index is 13.2. The van der Waals surface area contributed by atoms with Gasteiger partial charge in [-0.05, 0) is 38.5 Å². The number of aryl methyl sites for hydroxylation is 2. The third-order valence-electron chi connectivity index (χ3n) is 7.06. The van der Waals surface area contributed by atoms with Crippen molar-refractivity contribution >= 4 is 23.2 Å². The standard InChI is InChI=1S/C21H30N4O3S/c26-19(18-22-16-3-1-2-4-17(16)29-18)25-8-6-21(15-25)5-7-24(20(21)27)10-9-23-11-13-28-14-12-23/h1-15H2. The third-order valence-corrected chi connectivity index (χ3v) is 8.21. The minimum absolute atomic E-state index is 0.0286. The zero-order valence-electron chi connectivity index (χ0n) is 17.0. The van der Waals surface area contributed by atoms with E-state index in [1.807, 2.05) is 9.80 Å². The van der Waals surface area contributed by atoms with Gasteiger partial charge >= 0.3 is 0 Å². The van der Waals surface area contributed by atoms with Gasteiger partial charge in [-0.1, -0.05) is 0 Å². The number of thiazole rings is 1. The molecular formula is C21H30N4O3S. The van der Waals surface area contributed by atoms with Crippen LogP contribution in [0.5, 0.6) is 0 Å². The number of nitrogens with zero attached hydrogens (tertiary/aromatic N) is 4. The van der Waals surface area contributed by atoms with Crippen LogP contribution in [0, 0.1) is 5.41 Å². The zero-order valence-corrected chi connectivity index (χ0v) is 17.8. The Morgan fingerprint density at radius 2 is 1.86 bits per heavy atom. The van der Waals surface area contributed by atoms with Crippen LogP contribution in [0.15, 0.2) is 0 Å². The first-order chi connectivity index (χ1) is 14.1. The Hall–Kier alpha value is -1.51. The molecule has 5 rings (SSSR count). The number of aromatic nitrogens is 1. The molecule has 1 aliphatic carbocycles. The second-order valence-electron chi connectivity index (χ2n) is 8.85. The smallest absolute Gasteiger partial charge is 0.282 e. The summed E-state index contributed by atoms with van der Waals surface area (Å²) in [6, 6.07) is 0. The van der Waals surface area contributed by atoms with Crippen LogP contribution in [-0.4, -0.2) is 90.5 Å². The predicted octanol–water partition coefficient (Wildman–Crippen LogP) is 1.42. The lowest BCUT2D eigenvalue weighted by Crippen LogP contribution is -2.43. The van der Waals surface area contributed by atoms with Gasteiger partial charge in [-0.3, -0.25) is 14.5 Å². The van der Waals surface area contributed by atoms with Crippen molar-refractivity contribution in [2.24, 2.45) is 5.41 Å². The second kappa shape index (κ2) is 7.96. The van der Waals surface area contributed by atoms with Crippen LogP contribution in [0.3, 0.4) is 0 Å². The van der Waals surface area contributed by atoms with Crippen molar-refractivity contribution in [2.75, 3.05) is 59.0 Å². The van der Waals surface area contributed by atoms with Crippen LogP contribution >= 0.6 is 11.3 Å². The maximum absolute atomic E-state index is 13.2. The monoisotopic (exact) mass is 418 g/mol. The van der Waals surface area contributed by atoms with Crippen molar-refractivity contribution in [1.29, 1.82) is 0 Å². The number of carbonyl (C=O) groups is 2. The van der Waals surface area contributed by atoms with Crippen LogP contribution in [0.25, 0.3) is 0 Å². The summed E-state index contributed by atoms with van der Waals surface area (Å²) in [4.78, 5) is 38.5.